The lowest BCUT2D eigenvalue weighted by Crippen LogP contribution is -2.11. The summed E-state index contributed by atoms with van der Waals surface area (Å²) in [4.78, 5) is 15.5. The summed E-state index contributed by atoms with van der Waals surface area (Å²) < 4.78 is 1.85. The standard InChI is InChI=1S/C13H14N2O2/c1-8-2-5-10-11(6-8)15(7-12(16)17)13(14-10)9-3-4-9/h2,5-6,9H,3-4,7H2,1H3,(H,16,17). The quantitative estimate of drug-likeness (QED) is 0.880. The van der Waals surface area contributed by atoms with Crippen LogP contribution in [0.3, 0.4) is 0 Å². The number of hydrogen-bond acceptors (Lipinski definition) is 2. The van der Waals surface area contributed by atoms with Crippen molar-refractivity contribution < 1.29 is 9.90 Å². The molecule has 1 aromatic carbocycles. The number of carboxylic acid groups (broad SMARTS) is 1. The summed E-state index contributed by atoms with van der Waals surface area (Å²) in [6.45, 7) is 2.01. The molecular weight excluding hydrogens is 216 g/mol. The van der Waals surface area contributed by atoms with Crippen LogP contribution in [0.5, 0.6) is 0 Å². The van der Waals surface area contributed by atoms with Gasteiger partial charge >= 0.3 is 5.97 Å². The van der Waals surface area contributed by atoms with Gasteiger partial charge in [0.15, 0.2) is 0 Å². The topological polar surface area (TPSA) is 55.1 Å². The maximum atomic E-state index is 10.9. The molecule has 0 atom stereocenters. The second-order valence-electron chi connectivity index (χ2n) is 4.72. The van der Waals surface area contributed by atoms with Gasteiger partial charge in [-0.25, -0.2) is 4.98 Å². The molecule has 0 bridgehead atoms. The van der Waals surface area contributed by atoms with Crippen LogP contribution in [0.25, 0.3) is 11.0 Å². The molecule has 0 amide bonds. The number of aryl methyl sites for hydroxylation is 1. The third kappa shape index (κ3) is 1.79. The summed E-state index contributed by atoms with van der Waals surface area (Å²) in [5.74, 6) is 0.586. The second-order valence-corrected chi connectivity index (χ2v) is 4.72. The number of hydrogen-bond donors (Lipinski definition) is 1. The zero-order valence-electron chi connectivity index (χ0n) is 9.68. The van der Waals surface area contributed by atoms with E-state index in [4.69, 9.17) is 5.11 Å². The molecule has 1 aliphatic rings. The van der Waals surface area contributed by atoms with Gasteiger partial charge in [0, 0.05) is 5.92 Å². The minimum atomic E-state index is -0.812. The van der Waals surface area contributed by atoms with Gasteiger partial charge in [-0.3, -0.25) is 4.79 Å². The molecule has 17 heavy (non-hydrogen) atoms. The average molecular weight is 230 g/mol. The Morgan fingerprint density at radius 3 is 2.94 bits per heavy atom. The van der Waals surface area contributed by atoms with Crippen LogP contribution >= 0.6 is 0 Å². The predicted octanol–water partition coefficient (Wildman–Crippen LogP) is 2.31. The number of benzene rings is 1. The Balaban J connectivity index is 2.20. The Kier molecular flexibility index (Phi) is 2.18. The number of imidazole rings is 1. The molecule has 1 aliphatic carbocycles. The van der Waals surface area contributed by atoms with Crippen molar-refractivity contribution in [2.75, 3.05) is 0 Å². The van der Waals surface area contributed by atoms with Crippen molar-refractivity contribution in [1.29, 1.82) is 0 Å². The molecule has 0 aliphatic heterocycles. The van der Waals surface area contributed by atoms with Gasteiger partial charge in [0.1, 0.15) is 12.4 Å². The van der Waals surface area contributed by atoms with Crippen molar-refractivity contribution in [3.05, 3.63) is 29.6 Å². The lowest BCUT2D eigenvalue weighted by Gasteiger charge is -2.05. The van der Waals surface area contributed by atoms with Crippen molar-refractivity contribution in [3.63, 3.8) is 0 Å². The van der Waals surface area contributed by atoms with Gasteiger partial charge in [0.2, 0.25) is 0 Å². The van der Waals surface area contributed by atoms with E-state index in [-0.39, 0.29) is 6.54 Å². The van der Waals surface area contributed by atoms with Crippen molar-refractivity contribution in [2.45, 2.75) is 32.2 Å². The lowest BCUT2D eigenvalue weighted by molar-refractivity contribution is -0.137. The number of fused-ring (bicyclic) bond motifs is 1. The number of carboxylic acids is 1. The van der Waals surface area contributed by atoms with Crippen LogP contribution in [0.15, 0.2) is 18.2 Å². The maximum absolute atomic E-state index is 10.9. The molecule has 1 fully saturated rings. The largest absolute Gasteiger partial charge is 0.480 e. The van der Waals surface area contributed by atoms with Gasteiger partial charge in [0.25, 0.3) is 0 Å². The number of rotatable bonds is 3. The van der Waals surface area contributed by atoms with Crippen LogP contribution in [0.2, 0.25) is 0 Å². The van der Waals surface area contributed by atoms with E-state index in [2.05, 4.69) is 4.98 Å². The van der Waals surface area contributed by atoms with Crippen LogP contribution in [0.4, 0.5) is 0 Å². The zero-order valence-corrected chi connectivity index (χ0v) is 9.68. The smallest absolute Gasteiger partial charge is 0.323 e. The van der Waals surface area contributed by atoms with E-state index < -0.39 is 5.97 Å². The molecular formula is C13H14N2O2. The molecule has 0 spiro atoms. The van der Waals surface area contributed by atoms with Crippen LogP contribution in [0.1, 0.15) is 30.1 Å². The molecule has 1 saturated carbocycles. The van der Waals surface area contributed by atoms with Crippen LogP contribution in [-0.4, -0.2) is 20.6 Å². The molecule has 1 aromatic heterocycles. The molecule has 4 heteroatoms. The number of carbonyl (C=O) groups is 1. The van der Waals surface area contributed by atoms with Gasteiger partial charge in [-0.15, -0.1) is 0 Å². The van der Waals surface area contributed by atoms with Gasteiger partial charge in [-0.05, 0) is 37.5 Å². The number of aliphatic carboxylic acids is 1. The van der Waals surface area contributed by atoms with Gasteiger partial charge in [-0.1, -0.05) is 6.07 Å². The molecule has 0 unspecified atom stereocenters. The zero-order chi connectivity index (χ0) is 12.0. The summed E-state index contributed by atoms with van der Waals surface area (Å²) in [6.07, 6.45) is 2.25. The first-order chi connectivity index (χ1) is 8.15. The predicted molar refractivity (Wildman–Crippen MR) is 64.1 cm³/mol. The Bertz CT molecular complexity index is 597. The first-order valence-electron chi connectivity index (χ1n) is 5.84. The minimum Gasteiger partial charge on any atom is -0.480 e. The highest BCUT2D eigenvalue weighted by Gasteiger charge is 2.30. The Labute approximate surface area is 98.9 Å². The highest BCUT2D eigenvalue weighted by atomic mass is 16.4. The van der Waals surface area contributed by atoms with Gasteiger partial charge < -0.3 is 9.67 Å². The Hall–Kier alpha value is -1.84. The van der Waals surface area contributed by atoms with E-state index in [0.29, 0.717) is 5.92 Å². The SMILES string of the molecule is Cc1ccc2nc(C3CC3)n(CC(=O)O)c2c1. The summed E-state index contributed by atoms with van der Waals surface area (Å²) in [5.41, 5.74) is 2.97. The van der Waals surface area contributed by atoms with Crippen molar-refractivity contribution >= 4 is 17.0 Å². The summed E-state index contributed by atoms with van der Waals surface area (Å²) in [7, 11) is 0. The normalized spacial score (nSPS) is 15.4. The third-order valence-electron chi connectivity index (χ3n) is 3.17. The average Bonchev–Trinajstić information content (AvgIpc) is 3.04. The van der Waals surface area contributed by atoms with E-state index in [1.165, 1.54) is 0 Å². The van der Waals surface area contributed by atoms with E-state index in [9.17, 15) is 4.79 Å². The van der Waals surface area contributed by atoms with E-state index in [1.807, 2.05) is 29.7 Å². The molecule has 0 saturated heterocycles. The number of aromatic nitrogens is 2. The lowest BCUT2D eigenvalue weighted by atomic mass is 10.2. The first kappa shape index (κ1) is 10.3. The first-order valence-corrected chi connectivity index (χ1v) is 5.84. The van der Waals surface area contributed by atoms with Crippen molar-refractivity contribution in [3.8, 4) is 0 Å². The molecule has 88 valence electrons. The molecule has 4 nitrogen and oxygen atoms in total. The van der Waals surface area contributed by atoms with E-state index in [0.717, 1.165) is 35.3 Å². The van der Waals surface area contributed by atoms with E-state index in [1.54, 1.807) is 0 Å². The number of nitrogens with zero attached hydrogens (tertiary/aromatic N) is 2. The summed E-state index contributed by atoms with van der Waals surface area (Å²) in [6, 6.07) is 5.99. The fraction of sp³-hybridized carbons (Fsp3) is 0.385. The molecule has 1 N–H and O–H groups in total. The van der Waals surface area contributed by atoms with Crippen LogP contribution in [-0.2, 0) is 11.3 Å². The highest BCUT2D eigenvalue weighted by Crippen LogP contribution is 2.40. The molecule has 3 rings (SSSR count). The monoisotopic (exact) mass is 230 g/mol. The fourth-order valence-corrected chi connectivity index (χ4v) is 2.21. The maximum Gasteiger partial charge on any atom is 0.323 e. The fourth-order valence-electron chi connectivity index (χ4n) is 2.21. The Morgan fingerprint density at radius 1 is 1.53 bits per heavy atom. The van der Waals surface area contributed by atoms with Crippen molar-refractivity contribution in [2.24, 2.45) is 0 Å². The second kappa shape index (κ2) is 3.58. The van der Waals surface area contributed by atoms with Crippen LogP contribution in [0, 0.1) is 6.92 Å². The van der Waals surface area contributed by atoms with Crippen LogP contribution < -0.4 is 0 Å². The Morgan fingerprint density at radius 2 is 2.29 bits per heavy atom. The molecule has 2 aromatic rings. The van der Waals surface area contributed by atoms with Gasteiger partial charge in [-0.2, -0.15) is 0 Å². The van der Waals surface area contributed by atoms with Crippen molar-refractivity contribution in [1.82, 2.24) is 9.55 Å². The molecule has 0 radical (unpaired) electrons. The highest BCUT2D eigenvalue weighted by molar-refractivity contribution is 5.79. The molecule has 1 heterocycles. The summed E-state index contributed by atoms with van der Waals surface area (Å²) in [5, 5.41) is 8.99. The summed E-state index contributed by atoms with van der Waals surface area (Å²) >= 11 is 0. The third-order valence-corrected chi connectivity index (χ3v) is 3.17. The van der Waals surface area contributed by atoms with Gasteiger partial charge in [0.05, 0.1) is 11.0 Å². The minimum absolute atomic E-state index is 0.00574. The van der Waals surface area contributed by atoms with E-state index >= 15 is 0 Å².